The quantitative estimate of drug-likeness (QED) is 0.0719. The van der Waals surface area contributed by atoms with E-state index in [-0.39, 0.29) is 85.8 Å². The Hall–Kier alpha value is -10.7. The Labute approximate surface area is 642 Å². The summed E-state index contributed by atoms with van der Waals surface area (Å²) in [7, 11) is -11.3. The lowest BCUT2D eigenvalue weighted by Gasteiger charge is -2.40. The summed E-state index contributed by atoms with van der Waals surface area (Å²) in [6.45, 7) is 11.5. The Bertz CT molecular complexity index is 5440. The number of hydrogen-bond acceptors (Lipinski definition) is 20. The summed E-state index contributed by atoms with van der Waals surface area (Å²) in [4.78, 5) is 77.6. The highest BCUT2D eigenvalue weighted by molar-refractivity contribution is 7.93. The van der Waals surface area contributed by atoms with E-state index >= 15 is 0 Å². The molecule has 0 radical (unpaired) electrons. The molecule has 3 N–H and O–H groups in total. The number of anilines is 7. The number of nitrogens with one attached hydrogen (secondary N) is 3. The van der Waals surface area contributed by atoms with Crippen LogP contribution in [0.2, 0.25) is 5.02 Å². The van der Waals surface area contributed by atoms with E-state index in [1.165, 1.54) is 72.0 Å². The van der Waals surface area contributed by atoms with Crippen molar-refractivity contribution >= 4 is 149 Å². The maximum atomic E-state index is 14.4. The van der Waals surface area contributed by atoms with E-state index in [0.717, 1.165) is 63.1 Å². The molecule has 3 saturated heterocycles. The minimum Gasteiger partial charge on any atom is -0.368 e. The molecule has 4 aliphatic heterocycles. The van der Waals surface area contributed by atoms with Gasteiger partial charge in [0.1, 0.15) is 54.0 Å². The average molecular weight is 1590 g/mol. The highest BCUT2D eigenvalue weighted by Gasteiger charge is 2.36. The molecule has 0 saturated carbocycles. The first kappa shape index (κ1) is 75.6. The maximum absolute atomic E-state index is 14.4. The van der Waals surface area contributed by atoms with Crippen LogP contribution in [-0.2, 0) is 55.7 Å². The molecule has 15 rings (SSSR count). The molecule has 572 valence electrons. The van der Waals surface area contributed by atoms with Gasteiger partial charge >= 0.3 is 0 Å². The van der Waals surface area contributed by atoms with Gasteiger partial charge in [0.2, 0.25) is 28.8 Å². The molecule has 4 aliphatic rings. The molecule has 4 amide bonds. The highest BCUT2D eigenvalue weighted by atomic mass is 35.5. The molecule has 9 heterocycles. The molecule has 5 aromatic heterocycles. The number of piperazine rings is 3. The van der Waals surface area contributed by atoms with Gasteiger partial charge in [-0.3, -0.25) is 33.3 Å². The molecule has 0 bridgehead atoms. The van der Waals surface area contributed by atoms with Crippen LogP contribution in [0.25, 0.3) is 21.8 Å². The Morgan fingerprint density at radius 3 is 1.71 bits per heavy atom. The van der Waals surface area contributed by atoms with Gasteiger partial charge in [-0.2, -0.15) is 0 Å². The van der Waals surface area contributed by atoms with Crippen LogP contribution in [0, 0.1) is 11.6 Å². The first-order chi connectivity index (χ1) is 51.9. The minimum absolute atomic E-state index is 0. The van der Waals surface area contributed by atoms with E-state index in [1.807, 2.05) is 70.8 Å². The van der Waals surface area contributed by atoms with Crippen LogP contribution in [0.15, 0.2) is 202 Å². The normalized spacial score (nSPS) is 15.8. The molecule has 3 fully saturated rings. The topological polar surface area (TPSA) is 304 Å². The van der Waals surface area contributed by atoms with Gasteiger partial charge in [-0.1, -0.05) is 41.1 Å². The second kappa shape index (κ2) is 32.4. The van der Waals surface area contributed by atoms with E-state index in [1.54, 1.807) is 111 Å². The average Bonchev–Trinajstić information content (AvgIpc) is 1.54. The number of fused-ring (bicyclic) bond motifs is 3. The first-order valence-electron chi connectivity index (χ1n) is 34.4. The molecular formula is C73H84ClF2N17O10S5. The lowest BCUT2D eigenvalue weighted by molar-refractivity contribution is -0.137. The highest BCUT2D eigenvalue weighted by Crippen LogP contribution is 2.33. The monoisotopic (exact) mass is 1590 g/mol. The zero-order chi connectivity index (χ0) is 76.0. The number of aryl methyl sites for hydroxylation is 1. The summed E-state index contributed by atoms with van der Waals surface area (Å²) in [6, 6.07) is 38.5. The van der Waals surface area contributed by atoms with Crippen molar-refractivity contribution in [3.8, 4) is 0 Å². The molecule has 11 aromatic rings. The number of halogens is 3. The number of hydrogen-bond donors (Lipinski definition) is 3. The smallest absolute Gasteiger partial charge is 0.263 e. The van der Waals surface area contributed by atoms with Crippen molar-refractivity contribution in [3.05, 3.63) is 210 Å². The lowest BCUT2D eigenvalue weighted by Crippen LogP contribution is -2.57. The van der Waals surface area contributed by atoms with Crippen LogP contribution < -0.4 is 33.8 Å². The van der Waals surface area contributed by atoms with E-state index < -0.39 is 42.2 Å². The number of rotatable bonds is 18. The summed E-state index contributed by atoms with van der Waals surface area (Å²) in [5, 5.41) is 12.0. The third-order valence-corrected chi connectivity index (χ3v) is 25.1. The van der Waals surface area contributed by atoms with Gasteiger partial charge in [-0.25, -0.2) is 49.0 Å². The predicted molar refractivity (Wildman–Crippen MR) is 423 cm³/mol. The number of thiazole rings is 1. The second-order valence-electron chi connectivity index (χ2n) is 25.8. The van der Waals surface area contributed by atoms with Gasteiger partial charge in [0.15, 0.2) is 5.13 Å². The third kappa shape index (κ3) is 17.0. The summed E-state index contributed by atoms with van der Waals surface area (Å²) in [5.74, 6) is -0.842. The van der Waals surface area contributed by atoms with Gasteiger partial charge in [0.05, 0.1) is 25.7 Å². The molecule has 3 atom stereocenters. The molecule has 27 nitrogen and oxygen atoms in total. The number of aromatic nitrogens is 7. The van der Waals surface area contributed by atoms with Crippen LogP contribution in [0.4, 0.5) is 47.6 Å². The fourth-order valence-electron chi connectivity index (χ4n) is 13.5. The minimum atomic E-state index is -3.79. The Morgan fingerprint density at radius 2 is 1.13 bits per heavy atom. The second-order valence-corrected chi connectivity index (χ2v) is 33.0. The molecule has 108 heavy (non-hydrogen) atoms. The van der Waals surface area contributed by atoms with Crippen molar-refractivity contribution < 1.29 is 60.3 Å². The van der Waals surface area contributed by atoms with Crippen LogP contribution in [0.5, 0.6) is 0 Å². The van der Waals surface area contributed by atoms with E-state index in [4.69, 9.17) is 11.6 Å². The number of carbonyl (C=O) groups excluding carboxylic acids is 4. The number of benzene rings is 6. The first-order valence-corrected chi connectivity index (χ1v) is 41.0. The van der Waals surface area contributed by atoms with Crippen molar-refractivity contribution in [2.75, 3.05) is 112 Å². The van der Waals surface area contributed by atoms with Gasteiger partial charge in [-0.15, -0.1) is 21.5 Å². The summed E-state index contributed by atoms with van der Waals surface area (Å²) >= 11 is 8.46. The van der Waals surface area contributed by atoms with Gasteiger partial charge in [-0.05, 0) is 172 Å². The van der Waals surface area contributed by atoms with Crippen LogP contribution in [0.1, 0.15) is 52.0 Å². The van der Waals surface area contributed by atoms with Crippen molar-refractivity contribution in [2.24, 2.45) is 0 Å². The van der Waals surface area contributed by atoms with Crippen molar-refractivity contribution in [1.29, 1.82) is 0 Å². The number of nitrogens with zero attached hydrogens (tertiary/aromatic N) is 14. The third-order valence-electron chi connectivity index (χ3n) is 19.2. The summed E-state index contributed by atoms with van der Waals surface area (Å²) in [5.41, 5.74) is 6.92. The maximum Gasteiger partial charge on any atom is 0.263 e. The van der Waals surface area contributed by atoms with E-state index in [0.29, 0.717) is 88.2 Å². The fraction of sp³-hybridized carbons (Fsp3) is 0.274. The molecule has 6 aromatic carbocycles. The standard InChI is InChI=1S/C25H25FN6O3S.C25H26FN5O4S2.C23H23ClN6O3S2.5H2/c1-18(32-12-10-19-3-2-4-22(26)24(19)32)25(33)31-15-13-30(14-16-31)20-5-7-21(8-6-20)36(34,35)29-23-9-11-27-17-28-23;1-17(30-11-2-3-18-15-19(26)4-9-22(18)30)24(33)29-12-13-31(23(32)16-29)20-5-7-21(8-6-20)37(34,35)28-25-27-10-14-36-25;1-16(30-9-8-17-2-3-18(24)14-21(17)30)22(31)29-12-10-28(11-13-29)19-4-6-20(7-5-19)35(32,33)27-23-26-25-15-34-23;;;;;/h2-12,17-18H,13-16H2,1H3,(H,27,28,29);4-10,14-15,17H,2-3,11-13,16H2,1H3,(H,27,28);2-9,14-16H,10-13H2,1H3,(H,26,27);5*1H/t;17-;16-;;;;;/m.11...../s1. The number of para-hydroxylation sites is 1. The van der Waals surface area contributed by atoms with Crippen LogP contribution in [0.3, 0.4) is 0 Å². The van der Waals surface area contributed by atoms with Crippen molar-refractivity contribution in [3.63, 3.8) is 0 Å². The summed E-state index contributed by atoms with van der Waals surface area (Å²) in [6.07, 6.45) is 9.50. The van der Waals surface area contributed by atoms with Gasteiger partial charge < -0.3 is 43.4 Å². The molecular weight excluding hydrogens is 1510 g/mol. The number of carbonyl (C=O) groups is 4. The summed E-state index contributed by atoms with van der Waals surface area (Å²) < 4.78 is 114. The van der Waals surface area contributed by atoms with Gasteiger partial charge in [0, 0.05) is 142 Å². The van der Waals surface area contributed by atoms with Crippen molar-refractivity contribution in [2.45, 2.75) is 66.4 Å². The zero-order valence-corrected chi connectivity index (χ0v) is 63.4. The van der Waals surface area contributed by atoms with Crippen molar-refractivity contribution in [1.82, 2.24) is 49.0 Å². The SMILES string of the molecule is CC(C(=O)N1CCN(c2ccc(S(=O)(=O)Nc3ccncn3)cc2)CC1)n1ccc2cccc(F)c21.C[C@H](C(=O)N1CCN(c2ccc(S(=O)(=O)Nc3nccs3)cc2)C(=O)C1)N1CCCc2cc(F)ccc21.C[C@H](C(=O)N1CCN(c2ccc(S(=O)(=O)Nc3nncs3)cc2)CC1)n1ccc2ccc(Cl)cc21.[HH].[HH].[HH].[HH].[HH]. The van der Waals surface area contributed by atoms with E-state index in [9.17, 15) is 53.2 Å². The van der Waals surface area contributed by atoms with Gasteiger partial charge in [0.25, 0.3) is 30.1 Å². The Balaban J connectivity index is 0.000000208. The largest absolute Gasteiger partial charge is 0.368 e. The fourth-order valence-corrected chi connectivity index (χ4v) is 18.1. The number of amides is 4. The predicted octanol–water partition coefficient (Wildman–Crippen LogP) is 11.5. The molecule has 0 spiro atoms. The molecule has 1 unspecified atom stereocenters. The molecule has 0 aliphatic carbocycles. The lowest BCUT2D eigenvalue weighted by atomic mass is 9.99. The Morgan fingerprint density at radius 1 is 0.556 bits per heavy atom. The number of sulfonamides is 3. The van der Waals surface area contributed by atoms with E-state index in [2.05, 4.69) is 49.1 Å². The zero-order valence-electron chi connectivity index (χ0n) is 58.5. The van der Waals surface area contributed by atoms with Crippen LogP contribution >= 0.6 is 34.3 Å². The Kier molecular flexibility index (Phi) is 22.7. The molecule has 35 heteroatoms. The van der Waals surface area contributed by atoms with Crippen LogP contribution in [-0.4, -0.2) is 182 Å².